The van der Waals surface area contributed by atoms with Crippen LogP contribution in [0.4, 0.5) is 4.39 Å². The van der Waals surface area contributed by atoms with Gasteiger partial charge in [0.1, 0.15) is 18.2 Å². The molecular weight excluding hydrogens is 415 g/mol. The molecule has 0 unspecified atom stereocenters. The molecule has 0 bridgehead atoms. The fraction of sp³-hybridized carbons (Fsp3) is 0.179. The Kier molecular flexibility index (Phi) is 6.59. The van der Waals surface area contributed by atoms with Crippen molar-refractivity contribution >= 4 is 5.71 Å². The molecule has 1 heterocycles. The average molecular weight is 443 g/mol. The molecule has 0 saturated carbocycles. The van der Waals surface area contributed by atoms with Crippen molar-refractivity contribution in [2.45, 2.75) is 27.4 Å². The molecule has 0 atom stereocenters. The maximum Gasteiger partial charge on any atom is 0.145 e. The minimum absolute atomic E-state index is 0.258. The van der Waals surface area contributed by atoms with Crippen molar-refractivity contribution in [3.63, 3.8) is 0 Å². The van der Waals surface area contributed by atoms with E-state index in [2.05, 4.69) is 47.8 Å². The van der Waals surface area contributed by atoms with Gasteiger partial charge in [-0.05, 0) is 80.4 Å². The number of aromatic nitrogens is 1. The summed E-state index contributed by atoms with van der Waals surface area (Å²) in [5, 5.41) is 4.39. The van der Waals surface area contributed by atoms with Crippen LogP contribution in [0.3, 0.4) is 0 Å². The van der Waals surface area contributed by atoms with Gasteiger partial charge in [-0.2, -0.15) is 0 Å². The standard InChI is InChI=1S/C28H27FN2O2/c1-19-8-7-10-25(16-19)31-21(3)26(17-27(31)22-12-14-24(29)15-13-22)20(2)30-33-18-23-9-5-6-11-28(23)32-4/h5-17H,18H2,1-4H3/b30-20+. The maximum atomic E-state index is 13.6. The van der Waals surface area contributed by atoms with Crippen molar-refractivity contribution in [2.75, 3.05) is 7.11 Å². The second-order valence-corrected chi connectivity index (χ2v) is 7.97. The molecule has 0 radical (unpaired) electrons. The van der Waals surface area contributed by atoms with E-state index in [9.17, 15) is 4.39 Å². The summed E-state index contributed by atoms with van der Waals surface area (Å²) in [4.78, 5) is 5.68. The molecule has 3 aromatic carbocycles. The number of hydrogen-bond acceptors (Lipinski definition) is 3. The highest BCUT2D eigenvalue weighted by atomic mass is 19.1. The molecule has 4 aromatic rings. The summed E-state index contributed by atoms with van der Waals surface area (Å²) in [7, 11) is 1.64. The van der Waals surface area contributed by atoms with Crippen LogP contribution in [0.5, 0.6) is 5.75 Å². The van der Waals surface area contributed by atoms with Crippen molar-refractivity contribution < 1.29 is 14.0 Å². The number of benzene rings is 3. The number of ether oxygens (including phenoxy) is 1. The fourth-order valence-electron chi connectivity index (χ4n) is 3.98. The lowest BCUT2D eigenvalue weighted by atomic mass is 10.1. The lowest BCUT2D eigenvalue weighted by Gasteiger charge is -2.13. The first-order valence-electron chi connectivity index (χ1n) is 10.8. The Labute approximate surface area is 193 Å². The van der Waals surface area contributed by atoms with E-state index in [1.165, 1.54) is 12.1 Å². The summed E-state index contributed by atoms with van der Waals surface area (Å²) >= 11 is 0. The third-order valence-electron chi connectivity index (χ3n) is 5.65. The Balaban J connectivity index is 1.71. The van der Waals surface area contributed by atoms with E-state index < -0.39 is 0 Å². The van der Waals surface area contributed by atoms with Gasteiger partial charge in [0.05, 0.1) is 18.5 Å². The van der Waals surface area contributed by atoms with Gasteiger partial charge in [-0.25, -0.2) is 4.39 Å². The van der Waals surface area contributed by atoms with Crippen LogP contribution in [-0.2, 0) is 11.4 Å². The molecule has 4 rings (SSSR count). The van der Waals surface area contributed by atoms with Gasteiger partial charge in [0, 0.05) is 22.5 Å². The van der Waals surface area contributed by atoms with Crippen LogP contribution < -0.4 is 4.74 Å². The van der Waals surface area contributed by atoms with Crippen LogP contribution in [-0.4, -0.2) is 17.4 Å². The van der Waals surface area contributed by atoms with Crippen LogP contribution in [0.1, 0.15) is 29.3 Å². The average Bonchev–Trinajstić information content (AvgIpc) is 3.17. The highest BCUT2D eigenvalue weighted by Gasteiger charge is 2.17. The van der Waals surface area contributed by atoms with Crippen LogP contribution in [0.15, 0.2) is 84.0 Å². The SMILES string of the molecule is COc1ccccc1CO/N=C(\C)c1cc(-c2ccc(F)cc2)n(-c2cccc(C)c2)c1C. The van der Waals surface area contributed by atoms with Crippen LogP contribution >= 0.6 is 0 Å². The lowest BCUT2D eigenvalue weighted by molar-refractivity contribution is 0.128. The lowest BCUT2D eigenvalue weighted by Crippen LogP contribution is -2.03. The van der Waals surface area contributed by atoms with Crippen molar-refractivity contribution in [1.82, 2.24) is 4.57 Å². The number of oxime groups is 1. The molecule has 4 nitrogen and oxygen atoms in total. The normalized spacial score (nSPS) is 11.5. The van der Waals surface area contributed by atoms with Crippen molar-refractivity contribution in [3.05, 3.63) is 107 Å². The summed E-state index contributed by atoms with van der Waals surface area (Å²) in [5.41, 5.74) is 7.79. The molecule has 168 valence electrons. The monoisotopic (exact) mass is 442 g/mol. The van der Waals surface area contributed by atoms with Crippen molar-refractivity contribution in [3.8, 4) is 22.7 Å². The fourth-order valence-corrected chi connectivity index (χ4v) is 3.98. The molecule has 0 fully saturated rings. The predicted molar refractivity (Wildman–Crippen MR) is 131 cm³/mol. The molecule has 0 spiro atoms. The van der Waals surface area contributed by atoms with Crippen molar-refractivity contribution in [1.29, 1.82) is 0 Å². The quantitative estimate of drug-likeness (QED) is 0.232. The molecule has 0 aliphatic rings. The summed E-state index contributed by atoms with van der Waals surface area (Å²) in [5.74, 6) is 0.512. The predicted octanol–water partition coefficient (Wildman–Crippen LogP) is 6.85. The Hall–Kier alpha value is -3.86. The third-order valence-corrected chi connectivity index (χ3v) is 5.65. The zero-order valence-corrected chi connectivity index (χ0v) is 19.3. The molecule has 0 amide bonds. The second kappa shape index (κ2) is 9.74. The van der Waals surface area contributed by atoms with Gasteiger partial charge >= 0.3 is 0 Å². The Morgan fingerprint density at radius 1 is 0.939 bits per heavy atom. The van der Waals surface area contributed by atoms with E-state index in [1.54, 1.807) is 19.2 Å². The molecule has 0 aliphatic carbocycles. The van der Waals surface area contributed by atoms with E-state index in [0.29, 0.717) is 6.61 Å². The molecule has 1 aromatic heterocycles. The molecule has 0 N–H and O–H groups in total. The van der Waals surface area contributed by atoms with Gasteiger partial charge in [-0.3, -0.25) is 0 Å². The largest absolute Gasteiger partial charge is 0.496 e. The van der Waals surface area contributed by atoms with E-state index in [-0.39, 0.29) is 5.82 Å². The van der Waals surface area contributed by atoms with Gasteiger partial charge in [0.25, 0.3) is 0 Å². The van der Waals surface area contributed by atoms with E-state index in [4.69, 9.17) is 9.57 Å². The second-order valence-electron chi connectivity index (χ2n) is 7.97. The first-order valence-corrected chi connectivity index (χ1v) is 10.8. The van der Waals surface area contributed by atoms with Gasteiger partial charge in [0.15, 0.2) is 0 Å². The van der Waals surface area contributed by atoms with Gasteiger partial charge in [-0.1, -0.05) is 35.5 Å². The minimum Gasteiger partial charge on any atom is -0.496 e. The number of aryl methyl sites for hydroxylation is 1. The Bertz CT molecular complexity index is 1290. The molecule has 33 heavy (non-hydrogen) atoms. The summed E-state index contributed by atoms with van der Waals surface area (Å²) in [6.45, 7) is 6.37. The number of rotatable bonds is 7. The number of methoxy groups -OCH3 is 1. The summed E-state index contributed by atoms with van der Waals surface area (Å²) < 4.78 is 21.1. The zero-order chi connectivity index (χ0) is 23.4. The maximum absolute atomic E-state index is 13.6. The molecular formula is C28H27FN2O2. The third kappa shape index (κ3) is 4.82. The smallest absolute Gasteiger partial charge is 0.145 e. The Morgan fingerprint density at radius 3 is 2.42 bits per heavy atom. The molecule has 5 heteroatoms. The minimum atomic E-state index is -0.258. The topological polar surface area (TPSA) is 35.8 Å². The van der Waals surface area contributed by atoms with Gasteiger partial charge in [-0.15, -0.1) is 0 Å². The van der Waals surface area contributed by atoms with Crippen LogP contribution in [0.2, 0.25) is 0 Å². The molecule has 0 saturated heterocycles. The molecule has 0 aliphatic heterocycles. The highest BCUT2D eigenvalue weighted by molar-refractivity contribution is 6.01. The zero-order valence-electron chi connectivity index (χ0n) is 19.3. The highest BCUT2D eigenvalue weighted by Crippen LogP contribution is 2.30. The summed E-state index contributed by atoms with van der Waals surface area (Å²) in [6.07, 6.45) is 0. The van der Waals surface area contributed by atoms with E-state index >= 15 is 0 Å². The number of halogens is 1. The van der Waals surface area contributed by atoms with E-state index in [0.717, 1.165) is 50.8 Å². The number of hydrogen-bond donors (Lipinski definition) is 0. The Morgan fingerprint density at radius 2 is 1.70 bits per heavy atom. The van der Waals surface area contributed by atoms with Crippen LogP contribution in [0, 0.1) is 19.7 Å². The summed E-state index contributed by atoms with van der Waals surface area (Å²) in [6, 6.07) is 24.7. The van der Waals surface area contributed by atoms with Gasteiger partial charge < -0.3 is 14.1 Å². The first kappa shape index (κ1) is 22.3. The van der Waals surface area contributed by atoms with Gasteiger partial charge in [0.2, 0.25) is 0 Å². The van der Waals surface area contributed by atoms with E-state index in [1.807, 2.05) is 37.3 Å². The van der Waals surface area contributed by atoms with Crippen molar-refractivity contribution in [2.24, 2.45) is 5.16 Å². The number of nitrogens with zero attached hydrogens (tertiary/aromatic N) is 2. The number of para-hydroxylation sites is 1. The first-order chi connectivity index (χ1) is 16.0. The van der Waals surface area contributed by atoms with Crippen LogP contribution in [0.25, 0.3) is 16.9 Å².